The summed E-state index contributed by atoms with van der Waals surface area (Å²) in [4.78, 5) is 6.77. The van der Waals surface area contributed by atoms with Crippen molar-refractivity contribution < 1.29 is 0 Å². The van der Waals surface area contributed by atoms with Crippen molar-refractivity contribution in [2.75, 3.05) is 4.90 Å². The van der Waals surface area contributed by atoms with Crippen molar-refractivity contribution in [3.8, 4) is 22.3 Å². The van der Waals surface area contributed by atoms with E-state index in [2.05, 4.69) is 168 Å². The Morgan fingerprint density at radius 2 is 1.09 bits per heavy atom. The van der Waals surface area contributed by atoms with Gasteiger partial charge in [-0.15, -0.1) is 11.3 Å². The van der Waals surface area contributed by atoms with Gasteiger partial charge in [-0.2, -0.15) is 0 Å². The van der Waals surface area contributed by atoms with Crippen LogP contribution in [-0.2, 0) is 0 Å². The Morgan fingerprint density at radius 3 is 1.87 bits per heavy atom. The van der Waals surface area contributed by atoms with Gasteiger partial charge in [-0.05, 0) is 99.1 Å². The molecule has 0 N–H and O–H groups in total. The molecule has 2 nitrogen and oxygen atoms in total. The molecular formula is C43H28N2S. The van der Waals surface area contributed by atoms with E-state index < -0.39 is 0 Å². The molecular weight excluding hydrogens is 577 g/mol. The largest absolute Gasteiger partial charge is 0.310 e. The average Bonchev–Trinajstić information content (AvgIpc) is 3.49. The van der Waals surface area contributed by atoms with E-state index >= 15 is 0 Å². The second-order valence-corrected chi connectivity index (χ2v) is 12.8. The smallest absolute Gasteiger partial charge is 0.0554 e. The predicted molar refractivity (Wildman–Crippen MR) is 198 cm³/mol. The molecule has 0 aliphatic rings. The fourth-order valence-corrected chi connectivity index (χ4v) is 7.76. The number of nitrogens with zero attached hydrogens (tertiary/aromatic N) is 2. The molecule has 2 aromatic heterocycles. The molecule has 216 valence electrons. The van der Waals surface area contributed by atoms with Crippen LogP contribution in [0.4, 0.5) is 17.1 Å². The minimum Gasteiger partial charge on any atom is -0.310 e. The molecule has 0 aliphatic heterocycles. The maximum atomic E-state index is 4.37. The molecule has 0 bridgehead atoms. The maximum absolute atomic E-state index is 4.37. The van der Waals surface area contributed by atoms with E-state index in [1.807, 2.05) is 23.7 Å². The van der Waals surface area contributed by atoms with Crippen molar-refractivity contribution in [2.45, 2.75) is 0 Å². The summed E-state index contributed by atoms with van der Waals surface area (Å²) >= 11 is 1.84. The number of pyridine rings is 1. The molecule has 7 aromatic carbocycles. The Hall–Kier alpha value is -5.77. The fraction of sp³-hybridized carbons (Fsp3) is 0. The zero-order valence-corrected chi connectivity index (χ0v) is 25.8. The molecule has 2 heterocycles. The van der Waals surface area contributed by atoms with Crippen LogP contribution in [0.2, 0.25) is 0 Å². The van der Waals surface area contributed by atoms with Crippen LogP contribution in [-0.4, -0.2) is 4.98 Å². The zero-order valence-electron chi connectivity index (χ0n) is 25.0. The van der Waals surface area contributed by atoms with E-state index in [0.717, 1.165) is 11.4 Å². The van der Waals surface area contributed by atoms with Crippen molar-refractivity contribution in [3.05, 3.63) is 170 Å². The Balaban J connectivity index is 1.21. The summed E-state index contributed by atoms with van der Waals surface area (Å²) in [6.45, 7) is 0. The predicted octanol–water partition coefficient (Wildman–Crippen LogP) is 12.6. The highest BCUT2D eigenvalue weighted by Crippen LogP contribution is 2.46. The topological polar surface area (TPSA) is 16.1 Å². The van der Waals surface area contributed by atoms with Gasteiger partial charge in [-0.3, -0.25) is 4.98 Å². The van der Waals surface area contributed by atoms with E-state index in [1.54, 1.807) is 0 Å². The molecule has 0 fully saturated rings. The lowest BCUT2D eigenvalue weighted by Crippen LogP contribution is -2.10. The van der Waals surface area contributed by atoms with Crippen molar-refractivity contribution in [2.24, 2.45) is 0 Å². The van der Waals surface area contributed by atoms with E-state index in [0.29, 0.717) is 0 Å². The highest BCUT2D eigenvalue weighted by molar-refractivity contribution is 7.26. The van der Waals surface area contributed by atoms with Gasteiger partial charge in [-0.1, -0.05) is 97.1 Å². The van der Waals surface area contributed by atoms with E-state index in [-0.39, 0.29) is 0 Å². The van der Waals surface area contributed by atoms with Crippen molar-refractivity contribution in [1.29, 1.82) is 0 Å². The van der Waals surface area contributed by atoms with Crippen molar-refractivity contribution >= 4 is 70.1 Å². The lowest BCUT2D eigenvalue weighted by Gasteiger charge is -2.27. The highest BCUT2D eigenvalue weighted by Gasteiger charge is 2.19. The van der Waals surface area contributed by atoms with Gasteiger partial charge in [0.2, 0.25) is 0 Å². The number of hydrogen-bond donors (Lipinski definition) is 0. The number of rotatable bonds is 5. The minimum atomic E-state index is 1.12. The van der Waals surface area contributed by atoms with Gasteiger partial charge in [0.25, 0.3) is 0 Å². The van der Waals surface area contributed by atoms with Gasteiger partial charge in [0.1, 0.15) is 0 Å². The van der Waals surface area contributed by atoms with E-state index in [9.17, 15) is 0 Å². The lowest BCUT2D eigenvalue weighted by molar-refractivity contribution is 1.30. The number of fused-ring (bicyclic) bond motifs is 5. The Bertz CT molecular complexity index is 2510. The van der Waals surface area contributed by atoms with Crippen molar-refractivity contribution in [1.82, 2.24) is 4.98 Å². The number of thiophene rings is 1. The normalized spacial score (nSPS) is 11.5. The van der Waals surface area contributed by atoms with Gasteiger partial charge < -0.3 is 4.90 Å². The summed E-state index contributed by atoms with van der Waals surface area (Å²) in [5.41, 5.74) is 8.25. The van der Waals surface area contributed by atoms with E-state index in [4.69, 9.17) is 0 Å². The summed E-state index contributed by atoms with van der Waals surface area (Å²) in [5.74, 6) is 0. The van der Waals surface area contributed by atoms with Crippen LogP contribution in [0.1, 0.15) is 0 Å². The first-order valence-electron chi connectivity index (χ1n) is 15.5. The Labute approximate surface area is 271 Å². The molecule has 46 heavy (non-hydrogen) atoms. The van der Waals surface area contributed by atoms with E-state index in [1.165, 1.54) is 69.7 Å². The van der Waals surface area contributed by atoms with Crippen LogP contribution in [0.3, 0.4) is 0 Å². The summed E-state index contributed by atoms with van der Waals surface area (Å²) in [6.07, 6.45) is 3.83. The van der Waals surface area contributed by atoms with Crippen LogP contribution < -0.4 is 4.90 Å². The molecule has 0 amide bonds. The molecule has 0 saturated heterocycles. The third-order valence-electron chi connectivity index (χ3n) is 8.91. The summed E-state index contributed by atoms with van der Waals surface area (Å²) in [7, 11) is 0. The number of aromatic nitrogens is 1. The number of hydrogen-bond acceptors (Lipinski definition) is 3. The molecule has 0 saturated carbocycles. The summed E-state index contributed by atoms with van der Waals surface area (Å²) < 4.78 is 2.54. The average molecular weight is 605 g/mol. The second-order valence-electron chi connectivity index (χ2n) is 11.7. The van der Waals surface area contributed by atoms with Gasteiger partial charge >= 0.3 is 0 Å². The molecule has 0 radical (unpaired) electrons. The van der Waals surface area contributed by atoms with Crippen LogP contribution in [0, 0.1) is 0 Å². The molecule has 0 aliphatic carbocycles. The first-order chi connectivity index (χ1) is 22.8. The first kappa shape index (κ1) is 26.6. The van der Waals surface area contributed by atoms with Crippen LogP contribution in [0.15, 0.2) is 170 Å². The van der Waals surface area contributed by atoms with Crippen LogP contribution in [0.25, 0.3) is 64.0 Å². The minimum absolute atomic E-state index is 1.12. The molecule has 0 atom stereocenters. The number of anilines is 3. The Kier molecular flexibility index (Phi) is 6.36. The molecule has 9 rings (SSSR count). The fourth-order valence-electron chi connectivity index (χ4n) is 6.61. The molecule has 0 unspecified atom stereocenters. The zero-order chi connectivity index (χ0) is 30.5. The third-order valence-corrected chi connectivity index (χ3v) is 10.0. The first-order valence-corrected chi connectivity index (χ1v) is 16.3. The standard InChI is InChI=1S/C43H28N2S/c1-2-7-29(8-3-1)31-15-19-37(20-16-31)45(38-21-17-32(18-22-38)34-14-13-30-9-4-5-10-33(30)25-34)40-11-6-12-41-43(40)39-26-35-23-24-44-28-36(35)27-42(39)46-41/h1-28H. The van der Waals surface area contributed by atoms with Gasteiger partial charge in [0.15, 0.2) is 0 Å². The van der Waals surface area contributed by atoms with Crippen LogP contribution >= 0.6 is 11.3 Å². The van der Waals surface area contributed by atoms with Gasteiger partial charge in [0.05, 0.1) is 5.69 Å². The molecule has 9 aromatic rings. The van der Waals surface area contributed by atoms with Gasteiger partial charge in [-0.25, -0.2) is 0 Å². The summed E-state index contributed by atoms with van der Waals surface area (Å²) in [5, 5.41) is 7.42. The second kappa shape index (κ2) is 11.0. The van der Waals surface area contributed by atoms with Crippen LogP contribution in [0.5, 0.6) is 0 Å². The monoisotopic (exact) mass is 604 g/mol. The number of benzene rings is 7. The third kappa shape index (κ3) is 4.61. The Morgan fingerprint density at radius 1 is 0.435 bits per heavy atom. The molecule has 3 heteroatoms. The highest BCUT2D eigenvalue weighted by atomic mass is 32.1. The van der Waals surface area contributed by atoms with Gasteiger partial charge in [0, 0.05) is 49.3 Å². The summed E-state index contributed by atoms with van der Waals surface area (Å²) in [6, 6.07) is 57.2. The maximum Gasteiger partial charge on any atom is 0.0554 e. The quantitative estimate of drug-likeness (QED) is 0.194. The lowest BCUT2D eigenvalue weighted by atomic mass is 10.0. The SMILES string of the molecule is c1ccc(-c2ccc(N(c3ccc(-c4ccc5ccccc5c4)cc3)c3cccc4sc5cc6cnccc6cc5c34)cc2)cc1. The molecule has 0 spiro atoms. The van der Waals surface area contributed by atoms with Crippen molar-refractivity contribution in [3.63, 3.8) is 0 Å².